The van der Waals surface area contributed by atoms with Crippen molar-refractivity contribution in [3.63, 3.8) is 0 Å². The van der Waals surface area contributed by atoms with E-state index >= 15 is 0 Å². The normalized spacial score (nSPS) is 14.6. The third-order valence-corrected chi connectivity index (χ3v) is 3.97. The van der Waals surface area contributed by atoms with Gasteiger partial charge in [0.05, 0.1) is 6.54 Å². The lowest BCUT2D eigenvalue weighted by atomic mass is 10.1. The summed E-state index contributed by atoms with van der Waals surface area (Å²) in [6.07, 6.45) is 0. The number of amidine groups is 1. The molecular weight excluding hydrogens is 348 g/mol. The molecule has 8 nitrogen and oxygen atoms in total. The van der Waals surface area contributed by atoms with E-state index in [1.54, 1.807) is 0 Å². The van der Waals surface area contributed by atoms with Gasteiger partial charge in [0.1, 0.15) is 0 Å². The molecule has 0 aliphatic carbocycles. The molecule has 0 spiro atoms. The van der Waals surface area contributed by atoms with Crippen LogP contribution in [-0.2, 0) is 14.4 Å². The molecule has 9 heteroatoms. The van der Waals surface area contributed by atoms with Crippen LogP contribution in [0.15, 0.2) is 29.3 Å². The van der Waals surface area contributed by atoms with Crippen LogP contribution in [0.2, 0.25) is 0 Å². The largest absolute Gasteiger partial charge is 0.473 e. The predicted molar refractivity (Wildman–Crippen MR) is 92.9 cm³/mol. The van der Waals surface area contributed by atoms with Crippen LogP contribution in [0, 0.1) is 6.92 Å². The summed E-state index contributed by atoms with van der Waals surface area (Å²) in [6, 6.07) is 7.55. The summed E-state index contributed by atoms with van der Waals surface area (Å²) >= 11 is 1.52. The maximum atomic E-state index is 12.2. The van der Waals surface area contributed by atoms with Crippen molar-refractivity contribution in [3.05, 3.63) is 35.4 Å². The Morgan fingerprint density at radius 1 is 1.20 bits per heavy atom. The van der Waals surface area contributed by atoms with E-state index < -0.39 is 11.9 Å². The number of Topliss-reactive ketones (excluding diaryl/α,β-unsaturated/α-hetero) is 1. The molecule has 0 saturated carbocycles. The Balaban J connectivity index is 0.000000450. The van der Waals surface area contributed by atoms with Gasteiger partial charge in [-0.1, -0.05) is 35.5 Å². The van der Waals surface area contributed by atoms with Crippen LogP contribution in [0.25, 0.3) is 0 Å². The zero-order chi connectivity index (χ0) is 19.0. The van der Waals surface area contributed by atoms with E-state index in [0.29, 0.717) is 10.7 Å². The number of nitrogens with zero attached hydrogens (tertiary/aromatic N) is 2. The minimum atomic E-state index is -1.82. The number of benzene rings is 1. The molecule has 25 heavy (non-hydrogen) atoms. The fourth-order valence-corrected chi connectivity index (χ4v) is 2.93. The molecule has 1 saturated heterocycles. The number of aryl methyl sites for hydroxylation is 1. The topological polar surface area (TPSA) is 124 Å². The molecule has 0 unspecified atom stereocenters. The Morgan fingerprint density at radius 2 is 1.84 bits per heavy atom. The molecule has 134 valence electrons. The molecule has 1 aliphatic rings. The third kappa shape index (κ3) is 7.17. The lowest BCUT2D eigenvalue weighted by molar-refractivity contribution is -0.159. The van der Waals surface area contributed by atoms with Gasteiger partial charge in [0.15, 0.2) is 11.0 Å². The number of thioether (sulfide) groups is 1. The molecule has 0 bridgehead atoms. The molecule has 0 aromatic heterocycles. The van der Waals surface area contributed by atoms with Gasteiger partial charge in [-0.2, -0.15) is 4.99 Å². The smallest absolute Gasteiger partial charge is 0.414 e. The lowest BCUT2D eigenvalue weighted by Gasteiger charge is -2.16. The number of carboxylic acids is 2. The first-order valence-electron chi connectivity index (χ1n) is 7.23. The van der Waals surface area contributed by atoms with Crippen LogP contribution in [-0.4, -0.2) is 62.8 Å². The highest BCUT2D eigenvalue weighted by Crippen LogP contribution is 2.18. The van der Waals surface area contributed by atoms with E-state index in [1.165, 1.54) is 18.7 Å². The van der Waals surface area contributed by atoms with Gasteiger partial charge in [0, 0.05) is 24.8 Å². The van der Waals surface area contributed by atoms with E-state index in [4.69, 9.17) is 19.8 Å². The average molecular weight is 366 g/mol. The van der Waals surface area contributed by atoms with Gasteiger partial charge in [-0.05, 0) is 13.0 Å². The number of carbonyl (C=O) groups is 4. The van der Waals surface area contributed by atoms with Crippen LogP contribution >= 0.6 is 11.8 Å². The fourth-order valence-electron chi connectivity index (χ4n) is 1.90. The fraction of sp³-hybridized carbons (Fsp3) is 0.312. The Labute approximate surface area is 148 Å². The van der Waals surface area contributed by atoms with Crippen LogP contribution in [0.3, 0.4) is 0 Å². The number of carbonyl (C=O) groups excluding carboxylic acids is 2. The number of ketones is 1. The Morgan fingerprint density at radius 3 is 2.36 bits per heavy atom. The van der Waals surface area contributed by atoms with Crippen molar-refractivity contribution in [2.45, 2.75) is 13.8 Å². The van der Waals surface area contributed by atoms with Gasteiger partial charge in [0.2, 0.25) is 5.91 Å². The summed E-state index contributed by atoms with van der Waals surface area (Å²) in [6.45, 7) is 4.43. The summed E-state index contributed by atoms with van der Waals surface area (Å²) in [5.74, 6) is -2.95. The summed E-state index contributed by atoms with van der Waals surface area (Å²) in [4.78, 5) is 47.2. The number of hydrogen-bond acceptors (Lipinski definition) is 5. The van der Waals surface area contributed by atoms with Gasteiger partial charge in [0.25, 0.3) is 0 Å². The van der Waals surface area contributed by atoms with E-state index in [1.807, 2.05) is 36.1 Å². The lowest BCUT2D eigenvalue weighted by Crippen LogP contribution is -2.31. The Hall–Kier alpha value is -2.68. The minimum Gasteiger partial charge on any atom is -0.473 e. The van der Waals surface area contributed by atoms with Gasteiger partial charge in [-0.15, -0.1) is 0 Å². The van der Waals surface area contributed by atoms with Crippen molar-refractivity contribution in [2.24, 2.45) is 4.99 Å². The van der Waals surface area contributed by atoms with E-state index in [9.17, 15) is 9.59 Å². The standard InChI is InChI=1S/C14H16N2O2S.C2H2O4/c1-10-4-3-5-12(8-10)13(18)9-16-6-7-19-14(16)15-11(2)17;3-1(4)2(5)6/h3-5,8H,6-7,9H2,1-2H3;(H,3,4)(H,5,6). The number of aliphatic imine (C=N–C) groups is 1. The van der Waals surface area contributed by atoms with Crippen molar-refractivity contribution in [2.75, 3.05) is 18.8 Å². The van der Waals surface area contributed by atoms with Gasteiger partial charge >= 0.3 is 11.9 Å². The first-order chi connectivity index (χ1) is 11.7. The SMILES string of the molecule is CC(=O)N=C1SCCN1CC(=O)c1cccc(C)c1.O=C(O)C(=O)O. The second kappa shape index (κ2) is 9.58. The van der Waals surface area contributed by atoms with Gasteiger partial charge in [-0.25, -0.2) is 9.59 Å². The molecule has 2 N–H and O–H groups in total. The van der Waals surface area contributed by atoms with Crippen LogP contribution in [0.1, 0.15) is 22.8 Å². The molecule has 2 rings (SSSR count). The highest BCUT2D eigenvalue weighted by atomic mass is 32.2. The van der Waals surface area contributed by atoms with E-state index in [-0.39, 0.29) is 18.2 Å². The maximum absolute atomic E-state index is 12.2. The Bertz CT molecular complexity index is 704. The van der Waals surface area contributed by atoms with Gasteiger partial charge < -0.3 is 15.1 Å². The zero-order valence-electron chi connectivity index (χ0n) is 13.8. The molecular formula is C16H18N2O6S. The number of aliphatic carboxylic acids is 2. The van der Waals surface area contributed by atoms with Crippen molar-refractivity contribution >= 4 is 40.6 Å². The molecule has 1 aromatic rings. The third-order valence-electron chi connectivity index (χ3n) is 2.97. The number of amides is 1. The monoisotopic (exact) mass is 366 g/mol. The van der Waals surface area contributed by atoms with Crippen molar-refractivity contribution < 1.29 is 29.4 Å². The maximum Gasteiger partial charge on any atom is 0.414 e. The minimum absolute atomic E-state index is 0.0578. The van der Waals surface area contributed by atoms with Crippen molar-refractivity contribution in [1.29, 1.82) is 0 Å². The second-order valence-corrected chi connectivity index (χ2v) is 6.15. The van der Waals surface area contributed by atoms with E-state index in [2.05, 4.69) is 4.99 Å². The predicted octanol–water partition coefficient (Wildman–Crippen LogP) is 1.28. The molecule has 1 amide bonds. The van der Waals surface area contributed by atoms with Crippen LogP contribution in [0.4, 0.5) is 0 Å². The first-order valence-corrected chi connectivity index (χ1v) is 8.22. The first kappa shape index (κ1) is 20.4. The molecule has 0 radical (unpaired) electrons. The van der Waals surface area contributed by atoms with Crippen LogP contribution in [0.5, 0.6) is 0 Å². The molecule has 0 atom stereocenters. The van der Waals surface area contributed by atoms with Crippen LogP contribution < -0.4 is 0 Å². The van der Waals surface area contributed by atoms with Gasteiger partial charge in [-0.3, -0.25) is 9.59 Å². The molecule has 1 aromatic carbocycles. The highest BCUT2D eigenvalue weighted by Gasteiger charge is 2.22. The molecule has 1 heterocycles. The quantitative estimate of drug-likeness (QED) is 0.605. The number of hydrogen-bond donors (Lipinski definition) is 2. The highest BCUT2D eigenvalue weighted by molar-refractivity contribution is 8.14. The van der Waals surface area contributed by atoms with E-state index in [0.717, 1.165) is 17.9 Å². The zero-order valence-corrected chi connectivity index (χ0v) is 14.6. The molecule has 1 fully saturated rings. The summed E-state index contributed by atoms with van der Waals surface area (Å²) in [7, 11) is 0. The molecule has 1 aliphatic heterocycles. The number of rotatable bonds is 3. The number of carboxylic acid groups (broad SMARTS) is 2. The second-order valence-electron chi connectivity index (χ2n) is 5.09. The summed E-state index contributed by atoms with van der Waals surface area (Å²) in [5.41, 5.74) is 1.78. The average Bonchev–Trinajstić information content (AvgIpc) is 2.94. The summed E-state index contributed by atoms with van der Waals surface area (Å²) in [5, 5.41) is 15.4. The summed E-state index contributed by atoms with van der Waals surface area (Å²) < 4.78 is 0. The van der Waals surface area contributed by atoms with Crippen molar-refractivity contribution in [3.8, 4) is 0 Å². The van der Waals surface area contributed by atoms with Crippen molar-refractivity contribution in [1.82, 2.24) is 4.90 Å². The Kier molecular flexibility index (Phi) is 7.80.